The van der Waals surface area contributed by atoms with E-state index in [0.29, 0.717) is 19.4 Å². The summed E-state index contributed by atoms with van der Waals surface area (Å²) in [6.45, 7) is 0.548. The van der Waals surface area contributed by atoms with Gasteiger partial charge in [-0.15, -0.1) is 0 Å². The number of imidazole rings is 2. The highest BCUT2D eigenvalue weighted by molar-refractivity contribution is 6.30. The number of rotatable bonds is 6. The molecule has 1 saturated carbocycles. The molecule has 0 bridgehead atoms. The number of nitrogens with zero attached hydrogens (tertiary/aromatic N) is 5. The van der Waals surface area contributed by atoms with E-state index in [0.717, 1.165) is 46.8 Å². The average Bonchev–Trinajstić information content (AvgIpc) is 3.45. The molecule has 8 nitrogen and oxygen atoms in total. The van der Waals surface area contributed by atoms with Crippen LogP contribution in [0.15, 0.2) is 65.8 Å². The van der Waals surface area contributed by atoms with E-state index in [1.54, 1.807) is 10.9 Å². The topological polar surface area (TPSA) is 86.7 Å². The summed E-state index contributed by atoms with van der Waals surface area (Å²) in [5, 5.41) is 3.00. The number of aromatic nitrogens is 5. The number of aryl methyl sites for hydroxylation is 1. The standard InChI is InChI=1S/C29H27ClF2N6O2/c1-36-16-34-22-13-20(10-11-23(22)36)38-25-5-3-2-4-24(25)37(29(38)40)15-17-6-8-19(9-7-17)35-28(39)21-12-18(30)14-33-26(21)27(31)32/h2-5,10-14,16-17,19,27H,6-9,15H2,1H3,(H,35,39)/t17-,19-. The smallest absolute Gasteiger partial charge is 0.333 e. The van der Waals surface area contributed by atoms with Crippen LogP contribution >= 0.6 is 11.6 Å². The first-order valence-corrected chi connectivity index (χ1v) is 13.5. The Balaban J connectivity index is 1.19. The molecule has 1 fully saturated rings. The number of hydrogen-bond donors (Lipinski definition) is 1. The van der Waals surface area contributed by atoms with Gasteiger partial charge >= 0.3 is 5.69 Å². The Labute approximate surface area is 233 Å². The third kappa shape index (κ3) is 4.77. The van der Waals surface area contributed by atoms with Crippen molar-refractivity contribution in [3.8, 4) is 5.69 Å². The second kappa shape index (κ2) is 10.5. The van der Waals surface area contributed by atoms with E-state index in [1.807, 2.05) is 58.6 Å². The third-order valence-electron chi connectivity index (χ3n) is 7.76. The number of amides is 1. The highest BCUT2D eigenvalue weighted by Gasteiger charge is 2.27. The van der Waals surface area contributed by atoms with Crippen molar-refractivity contribution < 1.29 is 13.6 Å². The highest BCUT2D eigenvalue weighted by atomic mass is 35.5. The molecule has 11 heteroatoms. The summed E-state index contributed by atoms with van der Waals surface area (Å²) in [6.07, 6.45) is 2.92. The van der Waals surface area contributed by atoms with Gasteiger partial charge in [0.25, 0.3) is 12.3 Å². The van der Waals surface area contributed by atoms with E-state index in [9.17, 15) is 18.4 Å². The molecule has 5 aromatic rings. The second-order valence-electron chi connectivity index (χ2n) is 10.3. The number of para-hydroxylation sites is 2. The van der Waals surface area contributed by atoms with Crippen LogP contribution in [0.5, 0.6) is 0 Å². The van der Waals surface area contributed by atoms with Crippen molar-refractivity contribution in [1.82, 2.24) is 29.0 Å². The number of pyridine rings is 1. The minimum Gasteiger partial charge on any atom is -0.349 e. The minimum absolute atomic E-state index is 0.111. The first kappa shape index (κ1) is 26.2. The molecule has 6 rings (SSSR count). The molecule has 0 aliphatic heterocycles. The molecule has 0 radical (unpaired) electrons. The molecule has 1 amide bonds. The summed E-state index contributed by atoms with van der Waals surface area (Å²) in [7, 11) is 1.93. The summed E-state index contributed by atoms with van der Waals surface area (Å²) < 4.78 is 32.2. The maximum absolute atomic E-state index is 13.8. The maximum Gasteiger partial charge on any atom is 0.333 e. The summed E-state index contributed by atoms with van der Waals surface area (Å²) >= 11 is 5.91. The van der Waals surface area contributed by atoms with Gasteiger partial charge in [0.2, 0.25) is 0 Å². The van der Waals surface area contributed by atoms with Crippen LogP contribution in [0.4, 0.5) is 8.78 Å². The number of fused-ring (bicyclic) bond motifs is 2. The Morgan fingerprint density at radius 2 is 1.80 bits per heavy atom. The van der Waals surface area contributed by atoms with Crippen LogP contribution in [0.25, 0.3) is 27.8 Å². The molecule has 2 aromatic carbocycles. The van der Waals surface area contributed by atoms with Gasteiger partial charge < -0.3 is 9.88 Å². The molecule has 206 valence electrons. The van der Waals surface area contributed by atoms with Gasteiger partial charge in [0.05, 0.1) is 44.7 Å². The molecule has 3 aromatic heterocycles. The zero-order valence-corrected chi connectivity index (χ0v) is 22.5. The van der Waals surface area contributed by atoms with Gasteiger partial charge in [-0.2, -0.15) is 0 Å². The zero-order chi connectivity index (χ0) is 28.0. The van der Waals surface area contributed by atoms with Crippen molar-refractivity contribution in [3.05, 3.63) is 87.8 Å². The van der Waals surface area contributed by atoms with Gasteiger partial charge in [-0.1, -0.05) is 23.7 Å². The Morgan fingerprint density at radius 3 is 2.55 bits per heavy atom. The van der Waals surface area contributed by atoms with Gasteiger partial charge in [-0.25, -0.2) is 18.6 Å². The lowest BCUT2D eigenvalue weighted by Gasteiger charge is -2.29. The van der Waals surface area contributed by atoms with Crippen LogP contribution in [-0.2, 0) is 13.6 Å². The molecule has 3 heterocycles. The second-order valence-corrected chi connectivity index (χ2v) is 10.8. The third-order valence-corrected chi connectivity index (χ3v) is 7.97. The lowest BCUT2D eigenvalue weighted by molar-refractivity contribution is 0.0904. The number of alkyl halides is 2. The molecule has 0 saturated heterocycles. The average molecular weight is 565 g/mol. The molecular weight excluding hydrogens is 538 g/mol. The molecular formula is C29H27ClF2N6O2. The first-order valence-electron chi connectivity index (χ1n) is 13.2. The van der Waals surface area contributed by atoms with Crippen LogP contribution in [0.3, 0.4) is 0 Å². The van der Waals surface area contributed by atoms with Crippen LogP contribution in [0, 0.1) is 5.92 Å². The fraction of sp³-hybridized carbons (Fsp3) is 0.310. The Kier molecular flexibility index (Phi) is 6.87. The van der Waals surface area contributed by atoms with E-state index in [2.05, 4.69) is 15.3 Å². The Hall–Kier alpha value is -4.05. The van der Waals surface area contributed by atoms with Gasteiger partial charge in [0.1, 0.15) is 5.69 Å². The predicted octanol–water partition coefficient (Wildman–Crippen LogP) is 5.65. The summed E-state index contributed by atoms with van der Waals surface area (Å²) in [4.78, 5) is 34.6. The van der Waals surface area contributed by atoms with Gasteiger partial charge in [-0.05, 0) is 68.0 Å². The Bertz CT molecular complexity index is 1780. The van der Waals surface area contributed by atoms with Crippen molar-refractivity contribution in [2.45, 2.75) is 44.7 Å². The molecule has 0 spiro atoms. The zero-order valence-electron chi connectivity index (χ0n) is 21.7. The summed E-state index contributed by atoms with van der Waals surface area (Å²) in [5.74, 6) is -0.370. The molecule has 40 heavy (non-hydrogen) atoms. The minimum atomic E-state index is -2.87. The van der Waals surface area contributed by atoms with Crippen molar-refractivity contribution in [2.24, 2.45) is 13.0 Å². The monoisotopic (exact) mass is 564 g/mol. The normalized spacial score (nSPS) is 17.6. The fourth-order valence-corrected chi connectivity index (χ4v) is 5.87. The summed E-state index contributed by atoms with van der Waals surface area (Å²) in [5.41, 5.74) is 3.36. The van der Waals surface area contributed by atoms with E-state index in [1.165, 1.54) is 6.07 Å². The van der Waals surface area contributed by atoms with Crippen LogP contribution in [0.2, 0.25) is 5.02 Å². The van der Waals surface area contributed by atoms with Crippen LogP contribution in [-0.4, -0.2) is 35.6 Å². The van der Waals surface area contributed by atoms with E-state index >= 15 is 0 Å². The van der Waals surface area contributed by atoms with Crippen molar-refractivity contribution in [1.29, 1.82) is 0 Å². The lowest BCUT2D eigenvalue weighted by Crippen LogP contribution is -2.39. The van der Waals surface area contributed by atoms with E-state index in [4.69, 9.17) is 11.6 Å². The van der Waals surface area contributed by atoms with Crippen molar-refractivity contribution in [2.75, 3.05) is 0 Å². The number of benzene rings is 2. The van der Waals surface area contributed by atoms with Gasteiger partial charge in [-0.3, -0.25) is 18.9 Å². The number of halogens is 3. The van der Waals surface area contributed by atoms with E-state index in [-0.39, 0.29) is 28.2 Å². The SMILES string of the molecule is Cn1cnc2cc(-n3c(=O)n(C[C@H]4CC[C@H](NC(=O)c5cc(Cl)cnc5C(F)F)CC4)c4ccccc43)ccc21. The molecule has 1 aliphatic carbocycles. The highest BCUT2D eigenvalue weighted by Crippen LogP contribution is 2.29. The number of carbonyl (C=O) groups excluding carboxylic acids is 1. The van der Waals surface area contributed by atoms with Crippen molar-refractivity contribution >= 4 is 39.6 Å². The summed E-state index contributed by atoms with van der Waals surface area (Å²) in [6, 6.07) is 14.6. The molecule has 0 unspecified atom stereocenters. The van der Waals surface area contributed by atoms with Gasteiger partial charge in [0, 0.05) is 25.8 Å². The first-order chi connectivity index (χ1) is 19.3. The maximum atomic E-state index is 13.8. The fourth-order valence-electron chi connectivity index (χ4n) is 5.71. The predicted molar refractivity (Wildman–Crippen MR) is 149 cm³/mol. The molecule has 0 atom stereocenters. The van der Waals surface area contributed by atoms with Crippen LogP contribution < -0.4 is 11.0 Å². The number of nitrogens with one attached hydrogen (secondary N) is 1. The quantitative estimate of drug-likeness (QED) is 0.289. The van der Waals surface area contributed by atoms with Gasteiger partial charge in [0.15, 0.2) is 0 Å². The molecule has 1 aliphatic rings. The van der Waals surface area contributed by atoms with Crippen LogP contribution in [0.1, 0.15) is 48.2 Å². The number of hydrogen-bond acceptors (Lipinski definition) is 4. The molecule has 1 N–H and O–H groups in total. The Morgan fingerprint density at radius 1 is 1.05 bits per heavy atom. The largest absolute Gasteiger partial charge is 0.349 e. The van der Waals surface area contributed by atoms with Crippen molar-refractivity contribution in [3.63, 3.8) is 0 Å². The lowest BCUT2D eigenvalue weighted by atomic mass is 9.85. The number of carbonyl (C=O) groups is 1. The van der Waals surface area contributed by atoms with E-state index < -0.39 is 18.0 Å².